The van der Waals surface area contributed by atoms with Crippen molar-refractivity contribution in [2.45, 2.75) is 94.8 Å². The van der Waals surface area contributed by atoms with Crippen molar-refractivity contribution < 1.29 is 76.5 Å². The summed E-state index contributed by atoms with van der Waals surface area (Å²) < 4.78 is 61.1. The highest BCUT2D eigenvalue weighted by Gasteiger charge is 2.51. The Morgan fingerprint density at radius 3 is 2.41 bits per heavy atom. The number of methoxy groups -OCH3 is 1. The first-order chi connectivity index (χ1) is 23.9. The minimum absolute atomic E-state index is 0.00489. The van der Waals surface area contributed by atoms with E-state index in [4.69, 9.17) is 18.9 Å². The molecule has 2 aromatic carbocycles. The van der Waals surface area contributed by atoms with E-state index >= 15 is 0 Å². The van der Waals surface area contributed by atoms with Crippen molar-refractivity contribution in [3.63, 3.8) is 0 Å². The van der Waals surface area contributed by atoms with Crippen LogP contribution in [0.2, 0.25) is 0 Å². The van der Waals surface area contributed by atoms with Gasteiger partial charge in [0.15, 0.2) is 18.7 Å². The highest BCUT2D eigenvalue weighted by atomic mass is 19.4. The van der Waals surface area contributed by atoms with Crippen LogP contribution in [0, 0.1) is 0 Å². The van der Waals surface area contributed by atoms with E-state index in [1.165, 1.54) is 32.2 Å². The van der Waals surface area contributed by atoms with Gasteiger partial charge in [-0.25, -0.2) is 0 Å². The third kappa shape index (κ3) is 7.02. The Balaban J connectivity index is 1.58. The summed E-state index contributed by atoms with van der Waals surface area (Å²) in [5.74, 6) is -7.66. The summed E-state index contributed by atoms with van der Waals surface area (Å²) in [6.45, 7) is 2.21. The SMILES string of the molecule is CCCCC(=O)OCC(=O)[C@]1(O)Cc2c(O)c3c(c(O)c2[C@H](O[C@@H]2C[C@H](NC(=O)C(F)(F)F)[C@H](O)[C@H](C)O2)C1)C(=O)c1c(OC)cccc1C3=O. The first-order valence-electron chi connectivity index (χ1n) is 16.1. The number of alkyl halides is 3. The lowest BCUT2D eigenvalue weighted by atomic mass is 9.72. The molecule has 17 heteroatoms. The summed E-state index contributed by atoms with van der Waals surface area (Å²) in [6, 6.07) is 2.58. The number of phenolic OH excluding ortho intramolecular Hbond substituents is 2. The first kappa shape index (κ1) is 37.7. The zero-order valence-electron chi connectivity index (χ0n) is 27.7. The lowest BCUT2D eigenvalue weighted by Gasteiger charge is -2.43. The number of hydrogen-bond donors (Lipinski definition) is 5. The lowest BCUT2D eigenvalue weighted by Crippen LogP contribution is -2.57. The summed E-state index contributed by atoms with van der Waals surface area (Å²) in [5, 5.41) is 47.2. The molecule has 1 aliphatic heterocycles. The van der Waals surface area contributed by atoms with Gasteiger partial charge in [0.05, 0.1) is 42.0 Å². The number of esters is 1. The molecule has 0 radical (unpaired) electrons. The molecule has 2 aromatic rings. The van der Waals surface area contributed by atoms with Gasteiger partial charge >= 0.3 is 18.1 Å². The van der Waals surface area contributed by atoms with Crippen molar-refractivity contribution >= 4 is 29.2 Å². The molecule has 1 fully saturated rings. The number of hydrogen-bond acceptors (Lipinski definition) is 13. The Bertz CT molecular complexity index is 1780. The number of aromatic hydroxyl groups is 2. The molecule has 1 amide bonds. The van der Waals surface area contributed by atoms with E-state index in [2.05, 4.69) is 0 Å². The number of halogens is 3. The van der Waals surface area contributed by atoms with Crippen LogP contribution < -0.4 is 10.1 Å². The average molecular weight is 724 g/mol. The standard InChI is InChI=1S/C34H36F3NO13/c1-4-5-9-21(40)49-13-20(39)33(47)11-16-24(19(12-33)51-22-10-17(27(41)14(2)50-22)38-32(46)34(35,36)37)31(45)26-25(29(16)43)28(42)15-7-6-8-18(48-3)23(15)30(26)44/h6-8,14,17,19,22,27,41,43,45,47H,4-5,9-13H2,1-3H3,(H,38,46)/t14-,17-,19+,22+,27+,33-/m0/s1. The van der Waals surface area contributed by atoms with Crippen molar-refractivity contribution in [2.24, 2.45) is 0 Å². The number of unbranched alkanes of at least 4 members (excludes halogenated alkanes) is 1. The molecule has 0 bridgehead atoms. The first-order valence-corrected chi connectivity index (χ1v) is 16.1. The van der Waals surface area contributed by atoms with Gasteiger partial charge in [0.2, 0.25) is 11.6 Å². The Morgan fingerprint density at radius 1 is 1.08 bits per heavy atom. The van der Waals surface area contributed by atoms with Crippen LogP contribution in [0.15, 0.2) is 18.2 Å². The zero-order chi connectivity index (χ0) is 37.6. The number of carbonyl (C=O) groups excluding carboxylic acids is 5. The number of rotatable bonds is 10. The van der Waals surface area contributed by atoms with Gasteiger partial charge < -0.3 is 44.7 Å². The Morgan fingerprint density at radius 2 is 1.76 bits per heavy atom. The number of ether oxygens (including phenoxy) is 4. The second-order valence-electron chi connectivity index (χ2n) is 12.7. The summed E-state index contributed by atoms with van der Waals surface area (Å²) in [5.41, 5.74) is -4.85. The molecule has 5 rings (SSSR count). The predicted molar refractivity (Wildman–Crippen MR) is 165 cm³/mol. The maximum atomic E-state index is 13.9. The van der Waals surface area contributed by atoms with E-state index in [1.807, 2.05) is 6.92 Å². The monoisotopic (exact) mass is 723 g/mol. The molecule has 6 atom stereocenters. The largest absolute Gasteiger partial charge is 0.507 e. The van der Waals surface area contributed by atoms with E-state index < -0.39 is 120 Å². The third-order valence-electron chi connectivity index (χ3n) is 9.29. The van der Waals surface area contributed by atoms with Crippen LogP contribution in [0.5, 0.6) is 17.2 Å². The molecule has 5 N–H and O–H groups in total. The van der Waals surface area contributed by atoms with Gasteiger partial charge in [-0.05, 0) is 19.4 Å². The molecular weight excluding hydrogens is 687 g/mol. The topological polar surface area (TPSA) is 215 Å². The second-order valence-corrected chi connectivity index (χ2v) is 12.7. The van der Waals surface area contributed by atoms with Crippen LogP contribution in [0.4, 0.5) is 13.2 Å². The minimum Gasteiger partial charge on any atom is -0.507 e. The van der Waals surface area contributed by atoms with E-state index in [9.17, 15) is 57.6 Å². The average Bonchev–Trinajstić information content (AvgIpc) is 3.07. The van der Waals surface area contributed by atoms with Crippen LogP contribution in [0.1, 0.15) is 95.0 Å². The van der Waals surface area contributed by atoms with Gasteiger partial charge in [0.1, 0.15) is 29.0 Å². The zero-order valence-corrected chi connectivity index (χ0v) is 27.7. The van der Waals surface area contributed by atoms with Crippen molar-refractivity contribution in [1.82, 2.24) is 5.32 Å². The summed E-state index contributed by atoms with van der Waals surface area (Å²) in [6.07, 6.45) is -12.3. The number of benzene rings is 2. The molecule has 51 heavy (non-hydrogen) atoms. The fraction of sp³-hybridized carbons (Fsp3) is 0.500. The third-order valence-corrected chi connectivity index (χ3v) is 9.29. The van der Waals surface area contributed by atoms with E-state index in [0.29, 0.717) is 12.8 Å². The summed E-state index contributed by atoms with van der Waals surface area (Å²) >= 11 is 0. The summed E-state index contributed by atoms with van der Waals surface area (Å²) in [4.78, 5) is 64.9. The maximum absolute atomic E-state index is 13.9. The van der Waals surface area contributed by atoms with Crippen LogP contribution in [0.3, 0.4) is 0 Å². The van der Waals surface area contributed by atoms with Gasteiger partial charge in [0.25, 0.3) is 0 Å². The van der Waals surface area contributed by atoms with Crippen LogP contribution in [-0.2, 0) is 35.0 Å². The van der Waals surface area contributed by atoms with Crippen molar-refractivity contribution in [1.29, 1.82) is 0 Å². The molecule has 14 nitrogen and oxygen atoms in total. The number of Topliss-reactive ketones (excluding diaryl/α,β-unsaturated/α-hetero) is 1. The number of ketones is 3. The smallest absolute Gasteiger partial charge is 0.471 e. The lowest BCUT2D eigenvalue weighted by molar-refractivity contribution is -0.250. The summed E-state index contributed by atoms with van der Waals surface area (Å²) in [7, 11) is 1.25. The quantitative estimate of drug-likeness (QED) is 0.150. The number of phenols is 2. The highest BCUT2D eigenvalue weighted by molar-refractivity contribution is 6.31. The Kier molecular flexibility index (Phi) is 10.5. The number of aliphatic hydroxyl groups is 2. The fourth-order valence-corrected chi connectivity index (χ4v) is 6.64. The van der Waals surface area contributed by atoms with Gasteiger partial charge in [-0.2, -0.15) is 13.2 Å². The van der Waals surface area contributed by atoms with Gasteiger partial charge in [-0.15, -0.1) is 0 Å². The second kappa shape index (κ2) is 14.2. The molecule has 3 aliphatic rings. The van der Waals surface area contributed by atoms with Gasteiger partial charge in [-0.1, -0.05) is 25.5 Å². The number of carbonyl (C=O) groups is 5. The molecular formula is C34H36F3NO13. The molecule has 276 valence electrons. The number of nitrogens with one attached hydrogen (secondary N) is 1. The molecule has 0 aromatic heterocycles. The maximum Gasteiger partial charge on any atom is 0.471 e. The molecule has 1 heterocycles. The van der Waals surface area contributed by atoms with E-state index in [-0.39, 0.29) is 34.4 Å². The van der Waals surface area contributed by atoms with Gasteiger partial charge in [0, 0.05) is 42.4 Å². The number of fused-ring (bicyclic) bond motifs is 3. The van der Waals surface area contributed by atoms with Crippen molar-refractivity contribution in [3.05, 3.63) is 51.6 Å². The molecule has 1 saturated heterocycles. The molecule has 0 spiro atoms. The predicted octanol–water partition coefficient (Wildman–Crippen LogP) is 2.46. The minimum atomic E-state index is -5.29. The van der Waals surface area contributed by atoms with Crippen molar-refractivity contribution in [2.75, 3.05) is 13.7 Å². The van der Waals surface area contributed by atoms with E-state index in [0.717, 1.165) is 0 Å². The molecule has 0 saturated carbocycles. The van der Waals surface area contributed by atoms with Gasteiger partial charge in [-0.3, -0.25) is 24.0 Å². The number of aliphatic hydroxyl groups excluding tert-OH is 1. The fourth-order valence-electron chi connectivity index (χ4n) is 6.64. The van der Waals surface area contributed by atoms with Crippen LogP contribution in [-0.4, -0.2) is 99.7 Å². The molecule has 0 unspecified atom stereocenters. The normalized spacial score (nSPS) is 25.7. The molecule has 2 aliphatic carbocycles. The van der Waals surface area contributed by atoms with Crippen molar-refractivity contribution in [3.8, 4) is 17.2 Å². The van der Waals surface area contributed by atoms with Crippen LogP contribution in [0.25, 0.3) is 0 Å². The Labute approximate surface area is 288 Å². The Hall–Kier alpha value is -4.58. The van der Waals surface area contributed by atoms with E-state index in [1.54, 1.807) is 5.32 Å². The van der Waals surface area contributed by atoms with Crippen LogP contribution >= 0.6 is 0 Å². The highest BCUT2D eigenvalue weighted by Crippen LogP contribution is 2.52. The number of amides is 1.